The number of methoxy groups -OCH3 is 1. The first-order valence-electron chi connectivity index (χ1n) is 7.58. The van der Waals surface area contributed by atoms with Crippen molar-refractivity contribution in [2.75, 3.05) is 20.2 Å². The maximum absolute atomic E-state index is 11.4. The largest absolute Gasteiger partial charge is 0.471 e. The summed E-state index contributed by atoms with van der Waals surface area (Å²) in [6, 6.07) is 1.54. The molecule has 0 saturated carbocycles. The molecule has 0 spiro atoms. The molecule has 0 radical (unpaired) electrons. The molecule has 0 aliphatic carbocycles. The summed E-state index contributed by atoms with van der Waals surface area (Å²) >= 11 is 8.53. The van der Waals surface area contributed by atoms with Gasteiger partial charge in [0.1, 0.15) is 5.60 Å². The molecule has 2 rings (SSSR count). The molecule has 9 heteroatoms. The summed E-state index contributed by atoms with van der Waals surface area (Å²) < 4.78 is 9.52. The number of carbonyl (C=O) groups excluding carboxylic acids is 2. The minimum atomic E-state index is -0.361. The first kappa shape index (κ1) is 23.5. The van der Waals surface area contributed by atoms with Gasteiger partial charge in [-0.1, -0.05) is 11.6 Å². The van der Waals surface area contributed by atoms with Gasteiger partial charge in [0.15, 0.2) is 0 Å². The third kappa shape index (κ3) is 11.6. The van der Waals surface area contributed by atoms with Crippen LogP contribution in [0.3, 0.4) is 0 Å². The Morgan fingerprint density at radius 3 is 2.24 bits per heavy atom. The van der Waals surface area contributed by atoms with Gasteiger partial charge in [-0.25, -0.2) is 4.79 Å². The Bertz CT molecular complexity index is 595. The van der Waals surface area contributed by atoms with Crippen LogP contribution in [0.2, 0.25) is 5.02 Å². The first-order valence-corrected chi connectivity index (χ1v) is 8.76. The fourth-order valence-electron chi connectivity index (χ4n) is 1.66. The zero-order valence-corrected chi connectivity index (χ0v) is 17.1. The first-order chi connectivity index (χ1) is 11.6. The average Bonchev–Trinajstić information content (AvgIpc) is 3.05. The van der Waals surface area contributed by atoms with Gasteiger partial charge in [0.05, 0.1) is 16.6 Å². The second kappa shape index (κ2) is 11.9. The van der Waals surface area contributed by atoms with Gasteiger partial charge in [-0.15, -0.1) is 0 Å². The summed E-state index contributed by atoms with van der Waals surface area (Å²) in [7, 11) is 1.31. The van der Waals surface area contributed by atoms with Crippen LogP contribution >= 0.6 is 27.5 Å². The molecular formula is C16H24BrClN2O5. The molecule has 1 N–H and O–H groups in total. The monoisotopic (exact) mass is 438 g/mol. The number of hydrogen-bond acceptors (Lipinski definition) is 5. The number of nitrogens with one attached hydrogen (secondary N) is 1. The van der Waals surface area contributed by atoms with Crippen molar-refractivity contribution in [2.45, 2.75) is 39.2 Å². The predicted octanol–water partition coefficient (Wildman–Crippen LogP) is 3.60. The number of aromatic nitrogens is 1. The molecule has 1 fully saturated rings. The Hall–Kier alpha value is -1.54. The number of likely N-dealkylation sites (tertiary alicyclic amines) is 1. The molecular weight excluding hydrogens is 416 g/mol. The number of aromatic amines is 1. The predicted molar refractivity (Wildman–Crippen MR) is 99.9 cm³/mol. The lowest BCUT2D eigenvalue weighted by atomic mass is 10.2. The molecule has 0 atom stereocenters. The number of hydrogen-bond donors (Lipinski definition) is 1. The number of ether oxygens (including phenoxy) is 2. The average molecular weight is 440 g/mol. The van der Waals surface area contributed by atoms with Crippen molar-refractivity contribution < 1.29 is 19.1 Å². The molecule has 1 aromatic heterocycles. The molecule has 25 heavy (non-hydrogen) atoms. The van der Waals surface area contributed by atoms with Crippen LogP contribution < -0.4 is 5.56 Å². The highest BCUT2D eigenvalue weighted by Crippen LogP contribution is 2.14. The Labute approximate surface area is 160 Å². The van der Waals surface area contributed by atoms with Crippen molar-refractivity contribution in [3.63, 3.8) is 0 Å². The fourth-order valence-corrected chi connectivity index (χ4v) is 2.31. The topological polar surface area (TPSA) is 88.7 Å². The third-order valence-electron chi connectivity index (χ3n) is 2.68. The highest BCUT2D eigenvalue weighted by atomic mass is 79.9. The Balaban J connectivity index is 0.000000391. The zero-order valence-electron chi connectivity index (χ0n) is 14.8. The molecule has 1 aliphatic rings. The number of amides is 1. The fraction of sp³-hybridized carbons (Fsp3) is 0.562. The molecule has 0 aromatic carbocycles. The molecule has 7 nitrogen and oxygen atoms in total. The lowest BCUT2D eigenvalue weighted by Crippen LogP contribution is -2.34. The lowest BCUT2D eigenvalue weighted by Gasteiger charge is -2.23. The van der Waals surface area contributed by atoms with E-state index in [9.17, 15) is 9.59 Å². The van der Waals surface area contributed by atoms with Gasteiger partial charge < -0.3 is 19.4 Å². The van der Waals surface area contributed by atoms with Crippen LogP contribution in [0, 0.1) is 0 Å². The molecule has 1 saturated heterocycles. The maximum Gasteiger partial charge on any atom is 0.410 e. The SMILES string of the molecule is CC(C)(C)OC(=O)N1CCCC1.COC=O.O=c1[nH]cc(Cl)cc1Br. The number of pyridine rings is 1. The van der Waals surface area contributed by atoms with Crippen molar-refractivity contribution in [3.8, 4) is 0 Å². The van der Waals surface area contributed by atoms with Gasteiger partial charge in [-0.3, -0.25) is 9.59 Å². The molecule has 0 bridgehead atoms. The number of H-pyrrole nitrogens is 1. The minimum absolute atomic E-state index is 0.167. The third-order valence-corrected chi connectivity index (χ3v) is 3.48. The zero-order chi connectivity index (χ0) is 19.5. The number of carbonyl (C=O) groups is 2. The maximum atomic E-state index is 11.4. The summed E-state index contributed by atoms with van der Waals surface area (Å²) in [5, 5.41) is 0.515. The number of halogens is 2. The van der Waals surface area contributed by atoms with Crippen molar-refractivity contribution >= 4 is 40.1 Å². The van der Waals surface area contributed by atoms with Crippen LogP contribution in [0.15, 0.2) is 21.5 Å². The van der Waals surface area contributed by atoms with E-state index in [4.69, 9.17) is 21.1 Å². The van der Waals surface area contributed by atoms with Gasteiger partial charge in [-0.05, 0) is 55.6 Å². The van der Waals surface area contributed by atoms with E-state index in [0.29, 0.717) is 16.0 Å². The van der Waals surface area contributed by atoms with E-state index in [1.165, 1.54) is 13.3 Å². The summed E-state index contributed by atoms with van der Waals surface area (Å²) in [6.07, 6.45) is 3.49. The van der Waals surface area contributed by atoms with Crippen molar-refractivity contribution in [1.82, 2.24) is 9.88 Å². The van der Waals surface area contributed by atoms with Crippen LogP contribution in [0.1, 0.15) is 33.6 Å². The standard InChI is InChI=1S/C9H17NO2.C5H3BrClNO.C2H4O2/c1-9(2,3)12-8(11)10-6-4-5-7-10;6-4-1-3(7)2-8-5(4)9;1-4-2-3/h4-7H2,1-3H3;1-2H,(H,8,9);2H,1H3. The van der Waals surface area contributed by atoms with E-state index in [1.54, 1.807) is 11.0 Å². The van der Waals surface area contributed by atoms with Crippen LogP contribution in [-0.4, -0.2) is 48.2 Å². The van der Waals surface area contributed by atoms with E-state index < -0.39 is 0 Å². The molecule has 142 valence electrons. The second-order valence-corrected chi connectivity index (χ2v) is 7.29. The quantitative estimate of drug-likeness (QED) is 0.675. The van der Waals surface area contributed by atoms with Crippen LogP contribution in [0.25, 0.3) is 0 Å². The molecule has 2 heterocycles. The highest BCUT2D eigenvalue weighted by Gasteiger charge is 2.23. The van der Waals surface area contributed by atoms with Crippen molar-refractivity contribution in [2.24, 2.45) is 0 Å². The summed E-state index contributed by atoms with van der Waals surface area (Å²) in [6.45, 7) is 7.76. The van der Waals surface area contributed by atoms with E-state index in [-0.39, 0.29) is 17.3 Å². The van der Waals surface area contributed by atoms with Gasteiger partial charge >= 0.3 is 6.09 Å². The Morgan fingerprint density at radius 2 is 1.88 bits per heavy atom. The number of rotatable bonds is 1. The van der Waals surface area contributed by atoms with Crippen molar-refractivity contribution in [3.05, 3.63) is 32.1 Å². The summed E-state index contributed by atoms with van der Waals surface area (Å²) in [5.74, 6) is 0. The normalized spacial score (nSPS) is 13.0. The Morgan fingerprint density at radius 1 is 1.36 bits per heavy atom. The van der Waals surface area contributed by atoms with Crippen LogP contribution in [0.5, 0.6) is 0 Å². The summed E-state index contributed by atoms with van der Waals surface area (Å²) in [5.41, 5.74) is -0.529. The van der Waals surface area contributed by atoms with E-state index in [2.05, 4.69) is 25.7 Å². The molecule has 1 amide bonds. The second-order valence-electron chi connectivity index (χ2n) is 6.00. The number of nitrogens with zero attached hydrogens (tertiary/aromatic N) is 1. The Kier molecular flexibility index (Phi) is 11.2. The summed E-state index contributed by atoms with van der Waals surface area (Å²) in [4.78, 5) is 35.1. The van der Waals surface area contributed by atoms with Gasteiger partial charge in [0.2, 0.25) is 0 Å². The van der Waals surface area contributed by atoms with Gasteiger partial charge in [0.25, 0.3) is 12.0 Å². The lowest BCUT2D eigenvalue weighted by molar-refractivity contribution is -0.126. The molecule has 1 aliphatic heterocycles. The molecule has 0 unspecified atom stereocenters. The minimum Gasteiger partial charge on any atom is -0.471 e. The van der Waals surface area contributed by atoms with Gasteiger partial charge in [0, 0.05) is 19.3 Å². The molecule has 1 aromatic rings. The van der Waals surface area contributed by atoms with Crippen molar-refractivity contribution in [1.29, 1.82) is 0 Å². The van der Waals surface area contributed by atoms with Gasteiger partial charge in [-0.2, -0.15) is 0 Å². The van der Waals surface area contributed by atoms with Crippen LogP contribution in [-0.2, 0) is 14.3 Å². The van der Waals surface area contributed by atoms with Crippen LogP contribution in [0.4, 0.5) is 4.79 Å². The van der Waals surface area contributed by atoms with E-state index in [0.717, 1.165) is 25.9 Å². The highest BCUT2D eigenvalue weighted by molar-refractivity contribution is 9.10. The smallest absolute Gasteiger partial charge is 0.410 e. The van der Waals surface area contributed by atoms with E-state index in [1.807, 2.05) is 20.8 Å². The van der Waals surface area contributed by atoms with E-state index >= 15 is 0 Å².